The third-order valence-electron chi connectivity index (χ3n) is 3.60. The van der Waals surface area contributed by atoms with E-state index in [9.17, 15) is 4.39 Å². The quantitative estimate of drug-likeness (QED) is 0.614. The minimum absolute atomic E-state index is 0.205. The summed E-state index contributed by atoms with van der Waals surface area (Å²) in [7, 11) is 0. The molecule has 0 bridgehead atoms. The summed E-state index contributed by atoms with van der Waals surface area (Å²) in [6.07, 6.45) is 2.93. The van der Waals surface area contributed by atoms with Crippen LogP contribution in [0.25, 0.3) is 5.57 Å². The van der Waals surface area contributed by atoms with Crippen molar-refractivity contribution in [3.63, 3.8) is 0 Å². The number of halogens is 3. The summed E-state index contributed by atoms with van der Waals surface area (Å²) in [4.78, 5) is 0. The van der Waals surface area contributed by atoms with E-state index in [1.165, 1.54) is 6.07 Å². The molecule has 0 heterocycles. The van der Waals surface area contributed by atoms with Crippen molar-refractivity contribution < 1.29 is 4.39 Å². The van der Waals surface area contributed by atoms with E-state index in [2.05, 4.69) is 13.8 Å². The van der Waals surface area contributed by atoms with E-state index < -0.39 is 0 Å². The first-order valence-electron chi connectivity index (χ1n) is 6.15. The molecule has 0 saturated carbocycles. The molecule has 1 aliphatic rings. The zero-order valence-corrected chi connectivity index (χ0v) is 12.2. The first kappa shape index (κ1) is 13.9. The Balaban J connectivity index is 2.48. The minimum atomic E-state index is -0.252. The van der Waals surface area contributed by atoms with Gasteiger partial charge in [-0.15, -0.1) is 11.6 Å². The Bertz CT molecular complexity index is 489. The lowest BCUT2D eigenvalue weighted by Crippen LogP contribution is -2.19. The van der Waals surface area contributed by atoms with Crippen LogP contribution in [0.15, 0.2) is 23.8 Å². The van der Waals surface area contributed by atoms with Gasteiger partial charge in [0.2, 0.25) is 0 Å². The van der Waals surface area contributed by atoms with Crippen molar-refractivity contribution in [1.29, 1.82) is 0 Å². The molecule has 0 fully saturated rings. The summed E-state index contributed by atoms with van der Waals surface area (Å²) in [5.74, 6) is 0.228. The Morgan fingerprint density at radius 1 is 1.33 bits per heavy atom. The van der Waals surface area contributed by atoms with E-state index in [-0.39, 0.29) is 11.2 Å². The van der Waals surface area contributed by atoms with E-state index in [1.807, 2.05) is 0 Å². The fourth-order valence-corrected chi connectivity index (χ4v) is 2.95. The Labute approximate surface area is 118 Å². The fourth-order valence-electron chi connectivity index (χ4n) is 2.50. The van der Waals surface area contributed by atoms with Crippen LogP contribution in [0.2, 0.25) is 5.02 Å². The highest BCUT2D eigenvalue weighted by atomic mass is 35.5. The van der Waals surface area contributed by atoms with Gasteiger partial charge in [0.25, 0.3) is 0 Å². The summed E-state index contributed by atoms with van der Waals surface area (Å²) in [5.41, 5.74) is 3.09. The van der Waals surface area contributed by atoms with Gasteiger partial charge in [0.1, 0.15) is 5.82 Å². The van der Waals surface area contributed by atoms with Crippen molar-refractivity contribution in [1.82, 2.24) is 0 Å². The van der Waals surface area contributed by atoms with Crippen molar-refractivity contribution in [2.75, 3.05) is 5.88 Å². The predicted molar refractivity (Wildman–Crippen MR) is 76.7 cm³/mol. The SMILES string of the molecule is CC1(C)CCC(CCl)=C(c2ccc(Cl)cc2F)C1. The Morgan fingerprint density at radius 2 is 2.06 bits per heavy atom. The molecule has 1 aliphatic carbocycles. The fraction of sp³-hybridized carbons (Fsp3) is 0.467. The van der Waals surface area contributed by atoms with E-state index in [0.717, 1.165) is 30.4 Å². The Kier molecular flexibility index (Phi) is 4.03. The van der Waals surface area contributed by atoms with Gasteiger partial charge in [-0.1, -0.05) is 37.1 Å². The molecule has 1 aromatic rings. The molecule has 0 atom stereocenters. The molecule has 0 aliphatic heterocycles. The van der Waals surface area contributed by atoms with E-state index in [0.29, 0.717) is 16.5 Å². The largest absolute Gasteiger partial charge is 0.206 e. The lowest BCUT2D eigenvalue weighted by molar-refractivity contribution is 0.332. The second kappa shape index (κ2) is 5.22. The molecule has 0 unspecified atom stereocenters. The van der Waals surface area contributed by atoms with Gasteiger partial charge in [-0.3, -0.25) is 0 Å². The summed E-state index contributed by atoms with van der Waals surface area (Å²) in [6, 6.07) is 4.87. The molecular formula is C15H17Cl2F. The highest BCUT2D eigenvalue weighted by Gasteiger charge is 2.28. The smallest absolute Gasteiger partial charge is 0.132 e. The number of benzene rings is 1. The van der Waals surface area contributed by atoms with Crippen LogP contribution in [0.3, 0.4) is 0 Å². The van der Waals surface area contributed by atoms with Gasteiger partial charge < -0.3 is 0 Å². The summed E-state index contributed by atoms with van der Waals surface area (Å²) >= 11 is 11.8. The first-order valence-corrected chi connectivity index (χ1v) is 7.06. The maximum absolute atomic E-state index is 14.0. The van der Waals surface area contributed by atoms with Gasteiger partial charge in [-0.25, -0.2) is 4.39 Å². The Morgan fingerprint density at radius 3 is 2.67 bits per heavy atom. The zero-order valence-electron chi connectivity index (χ0n) is 10.7. The van der Waals surface area contributed by atoms with E-state index in [4.69, 9.17) is 23.2 Å². The second-order valence-corrected chi connectivity index (χ2v) is 6.38. The average Bonchev–Trinajstić information content (AvgIpc) is 2.28. The highest BCUT2D eigenvalue weighted by molar-refractivity contribution is 6.30. The molecule has 0 nitrogen and oxygen atoms in total. The van der Waals surface area contributed by atoms with E-state index >= 15 is 0 Å². The maximum atomic E-state index is 14.0. The van der Waals surface area contributed by atoms with Crippen LogP contribution in [0.4, 0.5) is 4.39 Å². The molecule has 0 N–H and O–H groups in total. The van der Waals surface area contributed by atoms with Crippen LogP contribution in [0, 0.1) is 11.2 Å². The van der Waals surface area contributed by atoms with Crippen molar-refractivity contribution in [3.05, 3.63) is 40.2 Å². The summed E-state index contributed by atoms with van der Waals surface area (Å²) < 4.78 is 14.0. The molecular weight excluding hydrogens is 270 g/mol. The van der Waals surface area contributed by atoms with Crippen LogP contribution in [0.5, 0.6) is 0 Å². The summed E-state index contributed by atoms with van der Waals surface area (Å²) in [6.45, 7) is 4.43. The number of rotatable bonds is 2. The number of hydrogen-bond donors (Lipinski definition) is 0. The lowest BCUT2D eigenvalue weighted by Gasteiger charge is -2.33. The third kappa shape index (κ3) is 2.89. The van der Waals surface area contributed by atoms with Gasteiger partial charge in [0.15, 0.2) is 0 Å². The van der Waals surface area contributed by atoms with Gasteiger partial charge in [-0.2, -0.15) is 0 Å². The van der Waals surface area contributed by atoms with Crippen LogP contribution in [-0.2, 0) is 0 Å². The molecule has 98 valence electrons. The molecule has 1 aromatic carbocycles. The first-order chi connectivity index (χ1) is 8.43. The molecule has 0 amide bonds. The summed E-state index contributed by atoms with van der Waals surface area (Å²) in [5, 5.41) is 0.430. The van der Waals surface area contributed by atoms with Gasteiger partial charge in [0.05, 0.1) is 0 Å². The van der Waals surface area contributed by atoms with Crippen molar-refractivity contribution in [2.45, 2.75) is 33.1 Å². The molecule has 0 radical (unpaired) electrons. The monoisotopic (exact) mass is 286 g/mol. The number of alkyl halides is 1. The van der Waals surface area contributed by atoms with Crippen LogP contribution >= 0.6 is 23.2 Å². The van der Waals surface area contributed by atoms with Crippen LogP contribution in [-0.4, -0.2) is 5.88 Å². The van der Waals surface area contributed by atoms with Gasteiger partial charge in [0, 0.05) is 16.5 Å². The predicted octanol–water partition coefficient (Wildman–Crippen LogP) is 5.68. The number of allylic oxidation sites excluding steroid dienone is 2. The van der Waals surface area contributed by atoms with Gasteiger partial charge >= 0.3 is 0 Å². The zero-order chi connectivity index (χ0) is 13.3. The van der Waals surface area contributed by atoms with Crippen molar-refractivity contribution >= 4 is 28.8 Å². The van der Waals surface area contributed by atoms with Crippen molar-refractivity contribution in [2.24, 2.45) is 5.41 Å². The molecule has 18 heavy (non-hydrogen) atoms. The lowest BCUT2D eigenvalue weighted by atomic mass is 9.73. The molecule has 3 heteroatoms. The van der Waals surface area contributed by atoms with Crippen LogP contribution < -0.4 is 0 Å². The third-order valence-corrected chi connectivity index (χ3v) is 4.16. The molecule has 2 rings (SSSR count). The van der Waals surface area contributed by atoms with Crippen molar-refractivity contribution in [3.8, 4) is 0 Å². The molecule has 0 saturated heterocycles. The standard InChI is InChI=1S/C15H17Cl2F/c1-15(2)6-5-10(9-16)13(8-15)12-4-3-11(17)7-14(12)18/h3-4,7H,5-6,8-9H2,1-2H3. The van der Waals surface area contributed by atoms with E-state index in [1.54, 1.807) is 12.1 Å². The van der Waals surface area contributed by atoms with Gasteiger partial charge in [-0.05, 0) is 42.4 Å². The maximum Gasteiger partial charge on any atom is 0.132 e. The average molecular weight is 287 g/mol. The topological polar surface area (TPSA) is 0 Å². The molecule has 0 spiro atoms. The van der Waals surface area contributed by atoms with Crippen LogP contribution in [0.1, 0.15) is 38.7 Å². The minimum Gasteiger partial charge on any atom is -0.206 e. The Hall–Kier alpha value is -0.530. The number of hydrogen-bond acceptors (Lipinski definition) is 0. The highest BCUT2D eigenvalue weighted by Crippen LogP contribution is 2.43. The second-order valence-electron chi connectivity index (χ2n) is 5.68. The molecule has 0 aromatic heterocycles. The normalized spacial score (nSPS) is 19.2.